The van der Waals surface area contributed by atoms with Crippen molar-refractivity contribution in [2.24, 2.45) is 0 Å². The lowest BCUT2D eigenvalue weighted by molar-refractivity contribution is -0.151. The summed E-state index contributed by atoms with van der Waals surface area (Å²) in [6.07, 6.45) is 0.243. The fourth-order valence-corrected chi connectivity index (χ4v) is 4.87. The number of esters is 4. The van der Waals surface area contributed by atoms with E-state index in [1.54, 1.807) is 9.80 Å². The summed E-state index contributed by atoms with van der Waals surface area (Å²) in [4.78, 5) is 109. The molecule has 0 radical (unpaired) electrons. The van der Waals surface area contributed by atoms with Crippen LogP contribution in [0.15, 0.2) is 0 Å². The Morgan fingerprint density at radius 2 is 0.746 bits per heavy atom. The predicted octanol–water partition coefficient (Wildman–Crippen LogP) is -3.02. The predicted molar refractivity (Wildman–Crippen MR) is 232 cm³/mol. The van der Waals surface area contributed by atoms with Crippen LogP contribution in [-0.2, 0) is 90.5 Å². The van der Waals surface area contributed by atoms with Crippen molar-refractivity contribution in [3.63, 3.8) is 0 Å². The number of ether oxygens (including phenoxy) is 11. The lowest BCUT2D eigenvalue weighted by Crippen LogP contribution is -2.41. The molecule has 0 aliphatic heterocycles. The van der Waals surface area contributed by atoms with Crippen LogP contribution in [0, 0.1) is 0 Å². The van der Waals surface area contributed by atoms with Crippen LogP contribution in [0.1, 0.15) is 34.1 Å². The molecule has 0 aromatic carbocycles. The Kier molecular flexibility index (Phi) is 40.2. The summed E-state index contributed by atoms with van der Waals surface area (Å²) in [7, 11) is 0. The highest BCUT2D eigenvalue weighted by Gasteiger charge is 2.14. The number of nitrogens with one attached hydrogen (secondary N) is 4. The number of ketones is 1. The topological polar surface area (TPSA) is 310 Å². The van der Waals surface area contributed by atoms with Crippen LogP contribution in [0.5, 0.6) is 0 Å². The van der Waals surface area contributed by atoms with Crippen LogP contribution in [0.4, 0.5) is 4.79 Å². The number of carbonyl (C=O) groups is 9. The van der Waals surface area contributed by atoms with Gasteiger partial charge in [0.25, 0.3) is 0 Å². The summed E-state index contributed by atoms with van der Waals surface area (Å²) < 4.78 is 56.7. The maximum Gasteiger partial charge on any atom is 0.407 e. The first-order chi connectivity index (χ1) is 32.2. The monoisotopic (exact) mass is 968 g/mol. The molecule has 0 unspecified atom stereocenters. The third-order valence-electron chi connectivity index (χ3n) is 7.89. The number of nitrogens with zero attached hydrogens (tertiary/aromatic N) is 2. The summed E-state index contributed by atoms with van der Waals surface area (Å²) in [5, 5.41) is 10.4. The molecule has 0 spiro atoms. The maximum atomic E-state index is 12.5. The van der Waals surface area contributed by atoms with Crippen molar-refractivity contribution in [1.82, 2.24) is 31.1 Å². The molecule has 0 rings (SSSR count). The first-order valence-electron chi connectivity index (χ1n) is 21.9. The van der Waals surface area contributed by atoms with E-state index in [-0.39, 0.29) is 143 Å². The summed E-state index contributed by atoms with van der Waals surface area (Å²) >= 11 is 0. The first-order valence-corrected chi connectivity index (χ1v) is 21.9. The Bertz CT molecular complexity index is 1430. The zero-order valence-corrected chi connectivity index (χ0v) is 39.4. The van der Waals surface area contributed by atoms with E-state index in [2.05, 4.69) is 21.3 Å². The van der Waals surface area contributed by atoms with Gasteiger partial charge in [-0.2, -0.15) is 0 Å². The van der Waals surface area contributed by atoms with Gasteiger partial charge < -0.3 is 73.4 Å². The molecule has 0 aliphatic rings. The van der Waals surface area contributed by atoms with Crippen molar-refractivity contribution >= 4 is 53.5 Å². The minimum atomic E-state index is -0.720. The van der Waals surface area contributed by atoms with Crippen molar-refractivity contribution in [1.29, 1.82) is 0 Å². The SMILES string of the molecule is CCCOC(=O)NCCOCCOCCNC(=O)COCC(=O)OCCN(CCOC(C)=O)CC(=O)NCCOCCOCCNC(=O)COCC(=O)OCCN(CCOC(C)=O)CC(C)=O. The van der Waals surface area contributed by atoms with Gasteiger partial charge in [0.1, 0.15) is 58.6 Å². The number of Topliss-reactive ketones (excluding diaryl/α,β-unsaturated/α-hetero) is 1. The average Bonchev–Trinajstić information content (AvgIpc) is 3.26. The number of amides is 4. The number of hydrogen-bond acceptors (Lipinski definition) is 22. The van der Waals surface area contributed by atoms with Crippen LogP contribution in [0.2, 0.25) is 0 Å². The van der Waals surface area contributed by atoms with Crippen LogP contribution in [0.3, 0.4) is 0 Å². The molecule has 0 saturated heterocycles. The average molecular weight is 969 g/mol. The second kappa shape index (κ2) is 43.5. The van der Waals surface area contributed by atoms with Gasteiger partial charge >= 0.3 is 30.0 Å². The zero-order chi connectivity index (χ0) is 49.8. The van der Waals surface area contributed by atoms with Crippen molar-refractivity contribution in [3.8, 4) is 0 Å². The third kappa shape index (κ3) is 44.5. The van der Waals surface area contributed by atoms with Gasteiger partial charge in [0.2, 0.25) is 17.7 Å². The Hall–Kier alpha value is -5.09. The highest BCUT2D eigenvalue weighted by Crippen LogP contribution is 1.95. The highest BCUT2D eigenvalue weighted by molar-refractivity contribution is 5.79. The van der Waals surface area contributed by atoms with E-state index in [1.165, 1.54) is 20.8 Å². The second-order valence-electron chi connectivity index (χ2n) is 13.9. The van der Waals surface area contributed by atoms with E-state index in [0.717, 1.165) is 6.42 Å². The number of hydrogen-bond donors (Lipinski definition) is 4. The van der Waals surface area contributed by atoms with E-state index >= 15 is 0 Å². The van der Waals surface area contributed by atoms with Gasteiger partial charge in [0.15, 0.2) is 0 Å². The van der Waals surface area contributed by atoms with Gasteiger partial charge in [0, 0.05) is 66.2 Å². The molecule has 0 atom stereocenters. The summed E-state index contributed by atoms with van der Waals surface area (Å²) in [6, 6.07) is 0. The molecule has 386 valence electrons. The van der Waals surface area contributed by atoms with Gasteiger partial charge in [0.05, 0.1) is 72.6 Å². The third-order valence-corrected chi connectivity index (χ3v) is 7.89. The summed E-state index contributed by atoms with van der Waals surface area (Å²) in [6.45, 7) is 8.19. The standard InChI is InChI=1S/C41H72N6O20/c1-5-14-67-41(56)45-9-18-60-26-25-59-17-8-44-38(53)30-62-32-40(55)66-22-13-47(11-20-64-35(4)50)28-36(51)42-6-15-57-23-24-58-16-7-43-37(52)29-61-31-39(54)65-21-12-46(27-33(2)48)10-19-63-34(3)49/h5-32H2,1-4H3,(H,42,51)(H,43,52)(H,44,53)(H,45,56). The lowest BCUT2D eigenvalue weighted by atomic mass is 10.4. The minimum Gasteiger partial charge on any atom is -0.465 e. The van der Waals surface area contributed by atoms with Gasteiger partial charge in [-0.1, -0.05) is 6.92 Å². The molecule has 0 aromatic heterocycles. The molecular formula is C41H72N6O20. The van der Waals surface area contributed by atoms with Crippen LogP contribution >= 0.6 is 0 Å². The van der Waals surface area contributed by atoms with E-state index in [9.17, 15) is 43.2 Å². The molecule has 67 heavy (non-hydrogen) atoms. The van der Waals surface area contributed by atoms with Crippen LogP contribution in [0.25, 0.3) is 0 Å². The molecule has 4 amide bonds. The first kappa shape index (κ1) is 61.9. The van der Waals surface area contributed by atoms with Crippen molar-refractivity contribution in [2.45, 2.75) is 34.1 Å². The van der Waals surface area contributed by atoms with Crippen LogP contribution < -0.4 is 21.3 Å². The smallest absolute Gasteiger partial charge is 0.407 e. The number of alkyl carbamates (subject to hydrolysis) is 1. The van der Waals surface area contributed by atoms with Gasteiger partial charge in [-0.25, -0.2) is 14.4 Å². The molecular weight excluding hydrogens is 896 g/mol. The molecule has 26 nitrogen and oxygen atoms in total. The van der Waals surface area contributed by atoms with Crippen molar-refractivity contribution < 1.29 is 95.3 Å². The fourth-order valence-electron chi connectivity index (χ4n) is 4.87. The normalized spacial score (nSPS) is 10.8. The molecule has 0 heterocycles. The second-order valence-corrected chi connectivity index (χ2v) is 13.9. The lowest BCUT2D eigenvalue weighted by Gasteiger charge is -2.21. The Morgan fingerprint density at radius 1 is 0.373 bits per heavy atom. The highest BCUT2D eigenvalue weighted by atomic mass is 16.6. The quantitative estimate of drug-likeness (QED) is 0.0268. The summed E-state index contributed by atoms with van der Waals surface area (Å²) in [5.74, 6) is -3.71. The molecule has 0 saturated carbocycles. The van der Waals surface area contributed by atoms with Gasteiger partial charge in [-0.05, 0) is 13.3 Å². The molecule has 0 bridgehead atoms. The minimum absolute atomic E-state index is 0.00927. The van der Waals surface area contributed by atoms with E-state index < -0.39 is 55.0 Å². The van der Waals surface area contributed by atoms with Gasteiger partial charge in [-0.15, -0.1) is 0 Å². The Morgan fingerprint density at radius 3 is 1.13 bits per heavy atom. The largest absolute Gasteiger partial charge is 0.465 e. The van der Waals surface area contributed by atoms with E-state index in [0.29, 0.717) is 32.9 Å². The molecule has 0 aliphatic carbocycles. The molecule has 4 N–H and O–H groups in total. The molecule has 0 aromatic rings. The maximum absolute atomic E-state index is 12.5. The van der Waals surface area contributed by atoms with Crippen molar-refractivity contribution in [3.05, 3.63) is 0 Å². The number of rotatable bonds is 44. The Labute approximate surface area is 391 Å². The van der Waals surface area contributed by atoms with Gasteiger partial charge in [-0.3, -0.25) is 38.6 Å². The van der Waals surface area contributed by atoms with Crippen molar-refractivity contribution in [2.75, 3.05) is 178 Å². The Balaban J connectivity index is 4.03. The fraction of sp³-hybridized carbons (Fsp3) is 0.780. The van der Waals surface area contributed by atoms with Crippen LogP contribution in [-0.4, -0.2) is 241 Å². The molecule has 26 heteroatoms. The molecule has 0 fully saturated rings. The van der Waals surface area contributed by atoms with E-state index in [4.69, 9.17) is 52.1 Å². The number of carbonyl (C=O) groups excluding carboxylic acids is 9. The zero-order valence-electron chi connectivity index (χ0n) is 39.4. The van der Waals surface area contributed by atoms with E-state index in [1.807, 2.05) is 6.92 Å². The summed E-state index contributed by atoms with van der Waals surface area (Å²) in [5.41, 5.74) is 0.